The highest BCUT2D eigenvalue weighted by atomic mass is 32.2. The molecule has 1 unspecified atom stereocenters. The van der Waals surface area contributed by atoms with Crippen molar-refractivity contribution in [2.24, 2.45) is 0 Å². The highest BCUT2D eigenvalue weighted by molar-refractivity contribution is 7.99. The largest absolute Gasteiger partial charge is 0.385 e. The number of thioether (sulfide) groups is 1. The Kier molecular flexibility index (Phi) is 4.76. The van der Waals surface area contributed by atoms with Crippen molar-refractivity contribution in [1.29, 1.82) is 0 Å². The number of rotatable bonds is 4. The Morgan fingerprint density at radius 1 is 1.37 bits per heavy atom. The maximum atomic E-state index is 12.6. The molecule has 0 aromatic heterocycles. The van der Waals surface area contributed by atoms with E-state index in [1.165, 1.54) is 0 Å². The molecule has 1 fully saturated rings. The SMILES string of the molecule is CCNc1ccc(S(=O)(=O)N2CCSCC2C)cc1. The van der Waals surface area contributed by atoms with E-state index in [0.29, 0.717) is 11.4 Å². The number of anilines is 1. The van der Waals surface area contributed by atoms with Crippen LogP contribution in [0.4, 0.5) is 5.69 Å². The molecule has 0 amide bonds. The minimum atomic E-state index is -3.35. The van der Waals surface area contributed by atoms with E-state index < -0.39 is 10.0 Å². The van der Waals surface area contributed by atoms with Gasteiger partial charge in [-0.1, -0.05) is 0 Å². The van der Waals surface area contributed by atoms with Crippen LogP contribution in [0.2, 0.25) is 0 Å². The van der Waals surface area contributed by atoms with Crippen LogP contribution in [-0.2, 0) is 10.0 Å². The Morgan fingerprint density at radius 2 is 2.05 bits per heavy atom. The van der Waals surface area contributed by atoms with Crippen molar-refractivity contribution >= 4 is 27.5 Å². The molecule has 2 rings (SSSR count). The summed E-state index contributed by atoms with van der Waals surface area (Å²) >= 11 is 1.81. The third-order valence-corrected chi connectivity index (χ3v) is 6.37. The summed E-state index contributed by atoms with van der Waals surface area (Å²) in [6.07, 6.45) is 0. The standard InChI is InChI=1S/C13H20N2O2S2/c1-3-14-12-4-6-13(7-5-12)19(16,17)15-8-9-18-10-11(15)2/h4-7,11,14H,3,8-10H2,1-2H3. The Labute approximate surface area is 119 Å². The lowest BCUT2D eigenvalue weighted by Gasteiger charge is -2.31. The van der Waals surface area contributed by atoms with Crippen molar-refractivity contribution in [3.63, 3.8) is 0 Å². The van der Waals surface area contributed by atoms with Gasteiger partial charge in [0.05, 0.1) is 4.90 Å². The summed E-state index contributed by atoms with van der Waals surface area (Å²) in [5.74, 6) is 1.74. The number of nitrogens with one attached hydrogen (secondary N) is 1. The molecule has 1 saturated heterocycles. The molecule has 0 aliphatic carbocycles. The van der Waals surface area contributed by atoms with Gasteiger partial charge in [-0.05, 0) is 38.1 Å². The van der Waals surface area contributed by atoms with E-state index in [1.54, 1.807) is 16.4 Å². The Hall–Kier alpha value is -0.720. The molecule has 0 spiro atoms. The van der Waals surface area contributed by atoms with Crippen LogP contribution in [0.15, 0.2) is 29.2 Å². The molecule has 0 bridgehead atoms. The minimum Gasteiger partial charge on any atom is -0.385 e. The number of hydrogen-bond acceptors (Lipinski definition) is 4. The van der Waals surface area contributed by atoms with Gasteiger partial charge in [0.1, 0.15) is 0 Å². The monoisotopic (exact) mass is 300 g/mol. The summed E-state index contributed by atoms with van der Waals surface area (Å²) in [4.78, 5) is 0.382. The van der Waals surface area contributed by atoms with Gasteiger partial charge in [-0.3, -0.25) is 0 Å². The van der Waals surface area contributed by atoms with E-state index in [0.717, 1.165) is 23.7 Å². The first-order valence-corrected chi connectivity index (χ1v) is 9.08. The zero-order valence-corrected chi connectivity index (χ0v) is 12.9. The van der Waals surface area contributed by atoms with Crippen molar-refractivity contribution in [1.82, 2.24) is 4.31 Å². The fourth-order valence-electron chi connectivity index (χ4n) is 2.15. The molecule has 1 aliphatic heterocycles. The van der Waals surface area contributed by atoms with Gasteiger partial charge in [0.2, 0.25) is 10.0 Å². The highest BCUT2D eigenvalue weighted by Crippen LogP contribution is 2.25. The maximum Gasteiger partial charge on any atom is 0.243 e. The summed E-state index contributed by atoms with van der Waals surface area (Å²) in [6.45, 7) is 5.41. The molecule has 19 heavy (non-hydrogen) atoms. The van der Waals surface area contributed by atoms with Crippen LogP contribution < -0.4 is 5.32 Å². The van der Waals surface area contributed by atoms with Gasteiger partial charge in [0.25, 0.3) is 0 Å². The van der Waals surface area contributed by atoms with Crippen LogP contribution in [0, 0.1) is 0 Å². The lowest BCUT2D eigenvalue weighted by Crippen LogP contribution is -2.44. The molecule has 1 aromatic carbocycles. The fourth-order valence-corrected chi connectivity index (χ4v) is 5.01. The van der Waals surface area contributed by atoms with Gasteiger partial charge in [-0.15, -0.1) is 0 Å². The first-order valence-electron chi connectivity index (χ1n) is 6.49. The van der Waals surface area contributed by atoms with Crippen LogP contribution in [0.25, 0.3) is 0 Å². The second-order valence-corrected chi connectivity index (χ2v) is 7.63. The van der Waals surface area contributed by atoms with Crippen molar-refractivity contribution in [3.8, 4) is 0 Å². The molecule has 1 N–H and O–H groups in total. The van der Waals surface area contributed by atoms with E-state index in [1.807, 2.05) is 37.7 Å². The van der Waals surface area contributed by atoms with E-state index in [-0.39, 0.29) is 6.04 Å². The first kappa shape index (κ1) is 14.7. The van der Waals surface area contributed by atoms with Crippen LogP contribution in [0.3, 0.4) is 0 Å². The zero-order chi connectivity index (χ0) is 13.9. The van der Waals surface area contributed by atoms with Crippen molar-refractivity contribution < 1.29 is 8.42 Å². The Balaban J connectivity index is 2.23. The van der Waals surface area contributed by atoms with Gasteiger partial charge in [0.15, 0.2) is 0 Å². The zero-order valence-electron chi connectivity index (χ0n) is 11.3. The molecule has 4 nitrogen and oxygen atoms in total. The lowest BCUT2D eigenvalue weighted by atomic mass is 10.3. The van der Waals surface area contributed by atoms with Crippen molar-refractivity contribution in [2.45, 2.75) is 24.8 Å². The molecule has 6 heteroatoms. The molecule has 1 heterocycles. The second-order valence-electron chi connectivity index (χ2n) is 4.59. The molecule has 1 aromatic rings. The Bertz CT molecular complexity index is 514. The van der Waals surface area contributed by atoms with Gasteiger partial charge in [-0.2, -0.15) is 16.1 Å². The van der Waals surface area contributed by atoms with Crippen LogP contribution in [-0.4, -0.2) is 43.4 Å². The minimum absolute atomic E-state index is 0.0668. The smallest absolute Gasteiger partial charge is 0.243 e. The van der Waals surface area contributed by atoms with Gasteiger partial charge in [0, 0.05) is 36.3 Å². The average Bonchev–Trinajstić information content (AvgIpc) is 2.40. The normalized spacial score (nSPS) is 21.3. The number of benzene rings is 1. The summed E-state index contributed by atoms with van der Waals surface area (Å²) < 4.78 is 26.7. The molecule has 106 valence electrons. The van der Waals surface area contributed by atoms with Crippen LogP contribution in [0.5, 0.6) is 0 Å². The fraction of sp³-hybridized carbons (Fsp3) is 0.538. The van der Waals surface area contributed by atoms with Crippen molar-refractivity contribution in [2.75, 3.05) is 29.9 Å². The topological polar surface area (TPSA) is 49.4 Å². The van der Waals surface area contributed by atoms with E-state index in [9.17, 15) is 8.42 Å². The third-order valence-electron chi connectivity index (χ3n) is 3.15. The predicted octanol–water partition coefficient (Wildman–Crippen LogP) is 2.24. The molecule has 0 saturated carbocycles. The summed E-state index contributed by atoms with van der Waals surface area (Å²) in [5, 5.41) is 3.16. The number of nitrogens with zero attached hydrogens (tertiary/aromatic N) is 1. The van der Waals surface area contributed by atoms with E-state index in [2.05, 4.69) is 5.32 Å². The molecular formula is C13H20N2O2S2. The van der Waals surface area contributed by atoms with Gasteiger partial charge < -0.3 is 5.32 Å². The summed E-state index contributed by atoms with van der Waals surface area (Å²) in [6, 6.07) is 7.07. The van der Waals surface area contributed by atoms with E-state index in [4.69, 9.17) is 0 Å². The predicted molar refractivity (Wildman–Crippen MR) is 81.3 cm³/mol. The lowest BCUT2D eigenvalue weighted by molar-refractivity contribution is 0.367. The summed E-state index contributed by atoms with van der Waals surface area (Å²) in [7, 11) is -3.35. The molecule has 1 aliphatic rings. The van der Waals surface area contributed by atoms with Crippen LogP contribution in [0.1, 0.15) is 13.8 Å². The quantitative estimate of drug-likeness (QED) is 0.926. The second kappa shape index (κ2) is 6.15. The molecular weight excluding hydrogens is 280 g/mol. The molecule has 1 atom stereocenters. The van der Waals surface area contributed by atoms with Gasteiger partial charge in [-0.25, -0.2) is 8.42 Å². The van der Waals surface area contributed by atoms with E-state index >= 15 is 0 Å². The Morgan fingerprint density at radius 3 is 2.63 bits per heavy atom. The van der Waals surface area contributed by atoms with Crippen LogP contribution >= 0.6 is 11.8 Å². The summed E-state index contributed by atoms with van der Waals surface area (Å²) in [5.41, 5.74) is 0.948. The van der Waals surface area contributed by atoms with Crippen molar-refractivity contribution in [3.05, 3.63) is 24.3 Å². The highest BCUT2D eigenvalue weighted by Gasteiger charge is 2.30. The van der Waals surface area contributed by atoms with Gasteiger partial charge >= 0.3 is 0 Å². The first-order chi connectivity index (χ1) is 9.05. The average molecular weight is 300 g/mol. The third kappa shape index (κ3) is 3.24. The maximum absolute atomic E-state index is 12.6. The molecule has 0 radical (unpaired) electrons. The number of sulfonamides is 1. The number of hydrogen-bond donors (Lipinski definition) is 1.